The Labute approximate surface area is 196 Å². The molecule has 0 atom stereocenters. The minimum absolute atomic E-state index is 0.0941. The second-order valence-corrected chi connectivity index (χ2v) is 8.22. The minimum Gasteiger partial charge on any atom is -0.493 e. The van der Waals surface area contributed by atoms with Crippen LogP contribution in [0, 0.1) is 0 Å². The Morgan fingerprint density at radius 3 is 2.59 bits per heavy atom. The Balaban J connectivity index is 1.71. The molecule has 4 rings (SSSR count). The maximum absolute atomic E-state index is 13.2. The van der Waals surface area contributed by atoms with Gasteiger partial charge >= 0.3 is 0 Å². The highest BCUT2D eigenvalue weighted by atomic mass is 35.5. The number of benzene rings is 3. The number of rotatable bonds is 8. The van der Waals surface area contributed by atoms with E-state index in [4.69, 9.17) is 37.5 Å². The molecule has 0 aliphatic heterocycles. The molecule has 1 aromatic heterocycles. The minimum atomic E-state index is -0.263. The standard InChI is InChI=1S/C26H22Cl2O4/c1-2-20-21-9-7-17(16-5-3-6-19(13-16)31-12-4-11-29)14-24(21)32-26(20)25(30)22-10-8-18(27)15-23(22)28/h3,5-10,13-15,29H,2,4,11-12H2,1H3. The summed E-state index contributed by atoms with van der Waals surface area (Å²) < 4.78 is 11.7. The summed E-state index contributed by atoms with van der Waals surface area (Å²) in [5, 5.41) is 10.6. The first kappa shape index (κ1) is 22.4. The van der Waals surface area contributed by atoms with E-state index < -0.39 is 0 Å². The largest absolute Gasteiger partial charge is 0.493 e. The molecule has 0 saturated carbocycles. The molecule has 0 saturated heterocycles. The summed E-state index contributed by atoms with van der Waals surface area (Å²) in [6.07, 6.45) is 1.23. The molecule has 0 spiro atoms. The molecule has 3 aromatic carbocycles. The lowest BCUT2D eigenvalue weighted by Gasteiger charge is -2.08. The van der Waals surface area contributed by atoms with Crippen molar-refractivity contribution >= 4 is 40.0 Å². The third kappa shape index (κ3) is 4.53. The van der Waals surface area contributed by atoms with Crippen LogP contribution in [0.15, 0.2) is 65.1 Å². The summed E-state index contributed by atoms with van der Waals surface area (Å²) in [6, 6.07) is 18.5. The van der Waals surface area contributed by atoms with Gasteiger partial charge in [0.2, 0.25) is 5.78 Å². The lowest BCUT2D eigenvalue weighted by molar-refractivity contribution is 0.101. The van der Waals surface area contributed by atoms with Gasteiger partial charge in [-0.1, -0.05) is 54.4 Å². The normalized spacial score (nSPS) is 11.1. The summed E-state index contributed by atoms with van der Waals surface area (Å²) in [6.45, 7) is 2.54. The molecule has 164 valence electrons. The Bertz CT molecular complexity index is 1280. The summed E-state index contributed by atoms with van der Waals surface area (Å²) in [7, 11) is 0. The number of aliphatic hydroxyl groups excluding tert-OH is 1. The van der Waals surface area contributed by atoms with Crippen molar-refractivity contribution in [3.8, 4) is 16.9 Å². The van der Waals surface area contributed by atoms with Crippen LogP contribution in [-0.4, -0.2) is 24.1 Å². The fourth-order valence-electron chi connectivity index (χ4n) is 3.68. The number of fused-ring (bicyclic) bond motifs is 1. The van der Waals surface area contributed by atoms with Gasteiger partial charge in [-0.3, -0.25) is 4.79 Å². The average Bonchev–Trinajstić information content (AvgIpc) is 3.17. The number of ether oxygens (including phenoxy) is 1. The monoisotopic (exact) mass is 468 g/mol. The van der Waals surface area contributed by atoms with Crippen molar-refractivity contribution in [3.05, 3.63) is 87.6 Å². The summed E-state index contributed by atoms with van der Waals surface area (Å²) in [4.78, 5) is 13.2. The van der Waals surface area contributed by atoms with Crippen molar-refractivity contribution in [1.29, 1.82) is 0 Å². The van der Waals surface area contributed by atoms with E-state index in [1.54, 1.807) is 18.2 Å². The Hall–Kier alpha value is -2.79. The molecule has 0 amide bonds. The van der Waals surface area contributed by atoms with Crippen LogP contribution in [0.25, 0.3) is 22.1 Å². The highest BCUT2D eigenvalue weighted by Crippen LogP contribution is 2.34. The third-order valence-corrected chi connectivity index (χ3v) is 5.81. The Kier molecular flexibility index (Phi) is 6.85. The fourth-order valence-corrected chi connectivity index (χ4v) is 4.17. The molecular weight excluding hydrogens is 447 g/mol. The van der Waals surface area contributed by atoms with Crippen LogP contribution in [-0.2, 0) is 6.42 Å². The van der Waals surface area contributed by atoms with Crippen LogP contribution in [0.1, 0.15) is 35.0 Å². The third-order valence-electron chi connectivity index (χ3n) is 5.27. The molecule has 0 radical (unpaired) electrons. The van der Waals surface area contributed by atoms with Crippen LogP contribution in [0.4, 0.5) is 0 Å². The van der Waals surface area contributed by atoms with Crippen molar-refractivity contribution in [2.75, 3.05) is 13.2 Å². The maximum Gasteiger partial charge on any atom is 0.230 e. The zero-order valence-electron chi connectivity index (χ0n) is 17.5. The van der Waals surface area contributed by atoms with E-state index in [-0.39, 0.29) is 12.4 Å². The van der Waals surface area contributed by atoms with Gasteiger partial charge in [0, 0.05) is 34.6 Å². The van der Waals surface area contributed by atoms with Gasteiger partial charge in [0.15, 0.2) is 5.76 Å². The van der Waals surface area contributed by atoms with E-state index in [0.29, 0.717) is 46.4 Å². The number of hydrogen-bond donors (Lipinski definition) is 1. The van der Waals surface area contributed by atoms with Gasteiger partial charge in [-0.15, -0.1) is 0 Å². The fraction of sp³-hybridized carbons (Fsp3) is 0.192. The van der Waals surface area contributed by atoms with Gasteiger partial charge in [0.1, 0.15) is 11.3 Å². The van der Waals surface area contributed by atoms with Crippen LogP contribution in [0.5, 0.6) is 5.75 Å². The Morgan fingerprint density at radius 1 is 1.03 bits per heavy atom. The van der Waals surface area contributed by atoms with Crippen molar-refractivity contribution in [2.45, 2.75) is 19.8 Å². The number of furan rings is 1. The van der Waals surface area contributed by atoms with Gasteiger partial charge in [-0.2, -0.15) is 0 Å². The summed E-state index contributed by atoms with van der Waals surface area (Å²) in [5.41, 5.74) is 3.77. The van der Waals surface area contributed by atoms with Crippen LogP contribution >= 0.6 is 23.2 Å². The number of carbonyl (C=O) groups is 1. The van der Waals surface area contributed by atoms with Crippen LogP contribution in [0.2, 0.25) is 10.0 Å². The molecule has 4 aromatic rings. The van der Waals surface area contributed by atoms with Gasteiger partial charge in [-0.05, 0) is 53.9 Å². The molecular formula is C26H22Cl2O4. The zero-order chi connectivity index (χ0) is 22.7. The highest BCUT2D eigenvalue weighted by molar-refractivity contribution is 6.37. The molecule has 0 aliphatic carbocycles. The van der Waals surface area contributed by atoms with Gasteiger partial charge in [0.05, 0.1) is 11.6 Å². The van der Waals surface area contributed by atoms with Gasteiger partial charge in [-0.25, -0.2) is 0 Å². The number of hydrogen-bond acceptors (Lipinski definition) is 4. The number of halogens is 2. The molecule has 1 heterocycles. The second kappa shape index (κ2) is 9.78. The van der Waals surface area contributed by atoms with Crippen LogP contribution < -0.4 is 4.74 Å². The predicted molar refractivity (Wildman–Crippen MR) is 128 cm³/mol. The number of carbonyl (C=O) groups excluding carboxylic acids is 1. The maximum atomic E-state index is 13.2. The van der Waals surface area contributed by atoms with E-state index >= 15 is 0 Å². The molecule has 0 unspecified atom stereocenters. The topological polar surface area (TPSA) is 59.7 Å². The van der Waals surface area contributed by atoms with E-state index in [9.17, 15) is 4.79 Å². The zero-order valence-corrected chi connectivity index (χ0v) is 19.0. The van der Waals surface area contributed by atoms with Crippen molar-refractivity contribution < 1.29 is 19.1 Å². The lowest BCUT2D eigenvalue weighted by atomic mass is 10.00. The first-order valence-corrected chi connectivity index (χ1v) is 11.2. The smallest absolute Gasteiger partial charge is 0.230 e. The predicted octanol–water partition coefficient (Wildman–Crippen LogP) is 6.96. The highest BCUT2D eigenvalue weighted by Gasteiger charge is 2.23. The number of aryl methyl sites for hydroxylation is 1. The average molecular weight is 469 g/mol. The first-order valence-electron chi connectivity index (χ1n) is 10.4. The van der Waals surface area contributed by atoms with E-state index in [1.807, 2.05) is 49.4 Å². The van der Waals surface area contributed by atoms with E-state index in [2.05, 4.69) is 0 Å². The summed E-state index contributed by atoms with van der Waals surface area (Å²) in [5.74, 6) is 0.767. The molecule has 0 fully saturated rings. The van der Waals surface area contributed by atoms with E-state index in [1.165, 1.54) is 0 Å². The SMILES string of the molecule is CCc1c(C(=O)c2ccc(Cl)cc2Cl)oc2cc(-c3cccc(OCCCO)c3)ccc12. The van der Waals surface area contributed by atoms with Crippen molar-refractivity contribution in [1.82, 2.24) is 0 Å². The molecule has 0 bridgehead atoms. The number of aliphatic hydroxyl groups is 1. The first-order chi connectivity index (χ1) is 15.5. The van der Waals surface area contributed by atoms with Crippen LogP contribution in [0.3, 0.4) is 0 Å². The molecule has 1 N–H and O–H groups in total. The molecule has 4 nitrogen and oxygen atoms in total. The Morgan fingerprint density at radius 2 is 1.84 bits per heavy atom. The van der Waals surface area contributed by atoms with Crippen molar-refractivity contribution in [3.63, 3.8) is 0 Å². The van der Waals surface area contributed by atoms with Gasteiger partial charge in [0.25, 0.3) is 0 Å². The summed E-state index contributed by atoms with van der Waals surface area (Å²) >= 11 is 12.2. The number of ketones is 1. The molecule has 32 heavy (non-hydrogen) atoms. The second-order valence-electron chi connectivity index (χ2n) is 7.38. The lowest BCUT2D eigenvalue weighted by Crippen LogP contribution is -2.03. The quantitative estimate of drug-likeness (QED) is 0.224. The van der Waals surface area contributed by atoms with Gasteiger partial charge < -0.3 is 14.3 Å². The van der Waals surface area contributed by atoms with E-state index in [0.717, 1.165) is 27.8 Å². The molecule has 6 heteroatoms. The molecule has 0 aliphatic rings. The van der Waals surface area contributed by atoms with Crippen molar-refractivity contribution in [2.24, 2.45) is 0 Å².